The van der Waals surface area contributed by atoms with Crippen molar-refractivity contribution in [1.29, 1.82) is 0 Å². The topological polar surface area (TPSA) is 69.6 Å². The van der Waals surface area contributed by atoms with Crippen molar-refractivity contribution < 1.29 is 15.0 Å². The van der Waals surface area contributed by atoms with E-state index in [1.165, 1.54) is 0 Å². The van der Waals surface area contributed by atoms with E-state index in [-0.39, 0.29) is 11.7 Å². The van der Waals surface area contributed by atoms with E-state index >= 15 is 0 Å². The van der Waals surface area contributed by atoms with Crippen LogP contribution in [-0.2, 0) is 4.79 Å². The molecule has 0 saturated carbocycles. The first-order valence-electron chi connectivity index (χ1n) is 6.69. The fourth-order valence-corrected chi connectivity index (χ4v) is 2.28. The Balaban J connectivity index is 2.41. The Morgan fingerprint density at radius 3 is 2.55 bits per heavy atom. The van der Waals surface area contributed by atoms with Crippen molar-refractivity contribution in [1.82, 2.24) is 0 Å². The number of aliphatic carboxylic acids is 1. The van der Waals surface area contributed by atoms with Crippen LogP contribution in [0.4, 0.5) is 5.69 Å². The molecule has 2 aromatic carbocycles. The molecule has 20 heavy (non-hydrogen) atoms. The summed E-state index contributed by atoms with van der Waals surface area (Å²) < 4.78 is 0. The largest absolute Gasteiger partial charge is 0.506 e. The van der Waals surface area contributed by atoms with Crippen molar-refractivity contribution in [3.05, 3.63) is 36.4 Å². The van der Waals surface area contributed by atoms with Crippen LogP contribution in [0.15, 0.2) is 36.4 Å². The Bertz CT molecular complexity index is 622. The summed E-state index contributed by atoms with van der Waals surface area (Å²) in [5.41, 5.74) is 0.483. The van der Waals surface area contributed by atoms with Crippen molar-refractivity contribution in [2.75, 3.05) is 5.32 Å². The highest BCUT2D eigenvalue weighted by Crippen LogP contribution is 2.33. The SMILES string of the molecule is CC(C)C[C@H](Nc1c(O)ccc2ccccc12)C(=O)O. The summed E-state index contributed by atoms with van der Waals surface area (Å²) in [6.45, 7) is 3.95. The van der Waals surface area contributed by atoms with Gasteiger partial charge in [0.05, 0.1) is 5.69 Å². The van der Waals surface area contributed by atoms with Gasteiger partial charge >= 0.3 is 5.97 Å². The average Bonchev–Trinajstić information content (AvgIpc) is 2.40. The van der Waals surface area contributed by atoms with E-state index in [9.17, 15) is 15.0 Å². The number of benzene rings is 2. The van der Waals surface area contributed by atoms with Crippen LogP contribution >= 0.6 is 0 Å². The molecule has 2 aromatic rings. The van der Waals surface area contributed by atoms with Gasteiger partial charge in [-0.2, -0.15) is 0 Å². The molecular formula is C16H19NO3. The van der Waals surface area contributed by atoms with Gasteiger partial charge in [0.2, 0.25) is 0 Å². The minimum atomic E-state index is -0.911. The van der Waals surface area contributed by atoms with E-state index in [4.69, 9.17) is 0 Å². The van der Waals surface area contributed by atoms with Gasteiger partial charge < -0.3 is 15.5 Å². The molecule has 0 unspecified atom stereocenters. The zero-order chi connectivity index (χ0) is 14.7. The maximum Gasteiger partial charge on any atom is 0.326 e. The Kier molecular flexibility index (Phi) is 4.13. The first kappa shape index (κ1) is 14.2. The summed E-state index contributed by atoms with van der Waals surface area (Å²) in [7, 11) is 0. The second kappa shape index (κ2) is 5.82. The number of aromatic hydroxyl groups is 1. The van der Waals surface area contributed by atoms with E-state index in [2.05, 4.69) is 5.32 Å². The number of phenols is 1. The van der Waals surface area contributed by atoms with Gasteiger partial charge in [-0.3, -0.25) is 0 Å². The molecular weight excluding hydrogens is 254 g/mol. The van der Waals surface area contributed by atoms with Crippen molar-refractivity contribution in [3.63, 3.8) is 0 Å². The molecule has 0 radical (unpaired) electrons. The molecule has 106 valence electrons. The third-order valence-corrected chi connectivity index (χ3v) is 3.23. The molecule has 0 heterocycles. The normalized spacial score (nSPS) is 12.6. The molecule has 0 aliphatic carbocycles. The molecule has 0 aliphatic rings. The number of phenolic OH excluding ortho intramolecular Hbond substituents is 1. The van der Waals surface area contributed by atoms with E-state index in [1.54, 1.807) is 6.07 Å². The minimum absolute atomic E-state index is 0.0682. The van der Waals surface area contributed by atoms with Gasteiger partial charge in [-0.25, -0.2) is 4.79 Å². The molecule has 0 bridgehead atoms. The number of hydrogen-bond donors (Lipinski definition) is 3. The van der Waals surface area contributed by atoms with Crippen LogP contribution < -0.4 is 5.32 Å². The summed E-state index contributed by atoms with van der Waals surface area (Å²) in [5.74, 6) is -0.592. The predicted octanol–water partition coefficient (Wildman–Crippen LogP) is 3.46. The Labute approximate surface area is 118 Å². The fourth-order valence-electron chi connectivity index (χ4n) is 2.28. The highest BCUT2D eigenvalue weighted by Gasteiger charge is 2.20. The maximum atomic E-state index is 11.3. The van der Waals surface area contributed by atoms with Crippen molar-refractivity contribution in [2.45, 2.75) is 26.3 Å². The smallest absolute Gasteiger partial charge is 0.326 e. The van der Waals surface area contributed by atoms with Gasteiger partial charge in [0.15, 0.2) is 0 Å². The second-order valence-corrected chi connectivity index (χ2v) is 5.35. The number of fused-ring (bicyclic) bond motifs is 1. The third kappa shape index (κ3) is 3.02. The summed E-state index contributed by atoms with van der Waals surface area (Å²) in [5, 5.41) is 24.1. The van der Waals surface area contributed by atoms with Crippen LogP contribution in [0.1, 0.15) is 20.3 Å². The summed E-state index contributed by atoms with van der Waals surface area (Å²) in [6, 6.07) is 10.3. The molecule has 0 saturated heterocycles. The lowest BCUT2D eigenvalue weighted by Crippen LogP contribution is -2.30. The predicted molar refractivity (Wildman–Crippen MR) is 80.1 cm³/mol. The van der Waals surface area contributed by atoms with Crippen molar-refractivity contribution in [3.8, 4) is 5.75 Å². The number of carboxylic acid groups (broad SMARTS) is 1. The molecule has 2 rings (SSSR count). The van der Waals surface area contributed by atoms with Crippen LogP contribution in [0.25, 0.3) is 10.8 Å². The van der Waals surface area contributed by atoms with Crippen LogP contribution in [-0.4, -0.2) is 22.2 Å². The van der Waals surface area contributed by atoms with Gasteiger partial charge in [0.25, 0.3) is 0 Å². The van der Waals surface area contributed by atoms with E-state index in [0.717, 1.165) is 10.8 Å². The second-order valence-electron chi connectivity index (χ2n) is 5.35. The Morgan fingerprint density at radius 2 is 1.90 bits per heavy atom. The van der Waals surface area contributed by atoms with Crippen molar-refractivity contribution >= 4 is 22.4 Å². The number of hydrogen-bond acceptors (Lipinski definition) is 3. The fraction of sp³-hybridized carbons (Fsp3) is 0.312. The van der Waals surface area contributed by atoms with Crippen LogP contribution in [0, 0.1) is 5.92 Å². The van der Waals surface area contributed by atoms with Crippen LogP contribution in [0.2, 0.25) is 0 Å². The zero-order valence-electron chi connectivity index (χ0n) is 11.6. The molecule has 0 fully saturated rings. The molecule has 0 spiro atoms. The first-order valence-corrected chi connectivity index (χ1v) is 6.69. The monoisotopic (exact) mass is 273 g/mol. The lowest BCUT2D eigenvalue weighted by Gasteiger charge is -2.19. The molecule has 3 N–H and O–H groups in total. The maximum absolute atomic E-state index is 11.3. The quantitative estimate of drug-likeness (QED) is 0.730. The minimum Gasteiger partial charge on any atom is -0.506 e. The summed E-state index contributed by atoms with van der Waals surface area (Å²) in [6.07, 6.45) is 0.498. The van der Waals surface area contributed by atoms with Gasteiger partial charge in [-0.05, 0) is 23.8 Å². The standard InChI is InChI=1S/C16H19NO3/c1-10(2)9-13(16(19)20)17-15-12-6-4-3-5-11(12)7-8-14(15)18/h3-8,10,13,17-18H,9H2,1-2H3,(H,19,20)/t13-/m0/s1. The molecule has 1 atom stereocenters. The highest BCUT2D eigenvalue weighted by molar-refractivity contribution is 5.98. The first-order chi connectivity index (χ1) is 9.49. The summed E-state index contributed by atoms with van der Waals surface area (Å²) in [4.78, 5) is 11.3. The lowest BCUT2D eigenvalue weighted by molar-refractivity contribution is -0.138. The number of carboxylic acids is 1. The molecule has 4 heteroatoms. The molecule has 0 aromatic heterocycles. The van der Waals surface area contributed by atoms with Crippen LogP contribution in [0.5, 0.6) is 5.75 Å². The summed E-state index contributed by atoms with van der Waals surface area (Å²) >= 11 is 0. The Hall–Kier alpha value is -2.23. The Morgan fingerprint density at radius 1 is 1.20 bits per heavy atom. The number of carbonyl (C=O) groups is 1. The molecule has 0 amide bonds. The van der Waals surface area contributed by atoms with Gasteiger partial charge in [-0.1, -0.05) is 44.2 Å². The number of nitrogens with one attached hydrogen (secondary N) is 1. The van der Waals surface area contributed by atoms with Gasteiger partial charge in [0, 0.05) is 5.39 Å². The van der Waals surface area contributed by atoms with Gasteiger partial charge in [0.1, 0.15) is 11.8 Å². The highest BCUT2D eigenvalue weighted by atomic mass is 16.4. The van der Waals surface area contributed by atoms with Gasteiger partial charge in [-0.15, -0.1) is 0 Å². The lowest BCUT2D eigenvalue weighted by atomic mass is 10.0. The zero-order valence-corrected chi connectivity index (χ0v) is 11.6. The molecule has 4 nitrogen and oxygen atoms in total. The number of rotatable bonds is 5. The van der Waals surface area contributed by atoms with E-state index < -0.39 is 12.0 Å². The number of anilines is 1. The van der Waals surface area contributed by atoms with E-state index in [0.29, 0.717) is 12.1 Å². The molecule has 0 aliphatic heterocycles. The van der Waals surface area contributed by atoms with Crippen molar-refractivity contribution in [2.24, 2.45) is 5.92 Å². The average molecular weight is 273 g/mol. The van der Waals surface area contributed by atoms with E-state index in [1.807, 2.05) is 44.2 Å². The van der Waals surface area contributed by atoms with Crippen LogP contribution in [0.3, 0.4) is 0 Å². The third-order valence-electron chi connectivity index (χ3n) is 3.23.